The number of benzene rings is 4. The lowest BCUT2D eigenvalue weighted by Crippen LogP contribution is -2.57. The number of terminal acetylenes is 1. The van der Waals surface area contributed by atoms with E-state index in [2.05, 4.69) is 164 Å². The van der Waals surface area contributed by atoms with Gasteiger partial charge in [-0.25, -0.2) is 39.3 Å². The summed E-state index contributed by atoms with van der Waals surface area (Å²) in [6.45, 7) is 25.9. The maximum Gasteiger partial charge on any atom is 0.235 e. The average molecular weight is 1630 g/mol. The fraction of sp³-hybridized carbons (Fsp3) is 0.484. The van der Waals surface area contributed by atoms with Gasteiger partial charge in [-0.15, -0.1) is 6.42 Å². The SMILES string of the molecule is C#Cc1ccc(CCNc2ncc(C#N)c(C[C@@H]3C[C@H](O)C3(C)C)n2)cc1OC.CC(F)Oc1ccccc1CCNc1ncc(C#N)c(N[C@@H]2C[C@H](O)C2(C)C)n1.COc1cc(CCNc2ncc(C#N)c(C[C@@H]3CC[C@H](C)C(C)(C)C3)n2)ccc1C#N.C[C@H]1CC[C@@H](Cc2nc(NCCc3ccc(C#N)c(Cl)c3)ncc2C#N)CC1(C)C.[HH]. The molecule has 0 spiro atoms. The summed E-state index contributed by atoms with van der Waals surface area (Å²) in [5, 5.41) is 92.3. The lowest BCUT2D eigenvalue weighted by molar-refractivity contribution is -0.0978. The maximum absolute atomic E-state index is 13.2. The molecule has 0 radical (unpaired) electrons. The van der Waals surface area contributed by atoms with E-state index in [1.54, 1.807) is 57.1 Å². The number of aliphatic hydroxyl groups is 2. The molecule has 4 heterocycles. The highest BCUT2D eigenvalue weighted by Crippen LogP contribution is 2.49. The summed E-state index contributed by atoms with van der Waals surface area (Å²) in [6, 6.07) is 37.1. The molecule has 0 saturated heterocycles. The van der Waals surface area contributed by atoms with Crippen LogP contribution >= 0.6 is 11.6 Å². The Morgan fingerprint density at radius 3 is 1.34 bits per heavy atom. The molecule has 12 rings (SSSR count). The Kier molecular flexibility index (Phi) is 32.2. The minimum Gasteiger partial charge on any atom is -0.495 e. The zero-order chi connectivity index (χ0) is 86.2. The Hall–Kier alpha value is -11.8. The zero-order valence-electron chi connectivity index (χ0n) is 70.7. The topological polar surface area (TPSA) is 374 Å². The third-order valence-corrected chi connectivity index (χ3v) is 24.8. The normalized spacial score (nSPS) is 20.1. The van der Waals surface area contributed by atoms with E-state index in [0.29, 0.717) is 159 Å². The molecule has 9 atom stereocenters. The van der Waals surface area contributed by atoms with E-state index in [1.165, 1.54) is 38.8 Å². The molecular weight excluding hydrogens is 1520 g/mol. The van der Waals surface area contributed by atoms with E-state index in [9.17, 15) is 35.7 Å². The summed E-state index contributed by atoms with van der Waals surface area (Å²) in [5.41, 5.74) is 10.4. The molecule has 4 saturated carbocycles. The number of nitriles is 6. The van der Waals surface area contributed by atoms with Crippen molar-refractivity contribution in [1.29, 1.82) is 31.6 Å². The van der Waals surface area contributed by atoms with Crippen LogP contribution < -0.4 is 40.8 Å². The quantitative estimate of drug-likeness (QED) is 0.0224. The van der Waals surface area contributed by atoms with E-state index in [0.717, 1.165) is 108 Å². The molecule has 4 aromatic carbocycles. The predicted molar refractivity (Wildman–Crippen MR) is 462 cm³/mol. The lowest BCUT2D eigenvalue weighted by atomic mass is 9.58. The van der Waals surface area contributed by atoms with Crippen molar-refractivity contribution in [3.8, 4) is 66.0 Å². The standard InChI is InChI=1S/C25H31N5O.C24H28ClN5.C23H26N4O2.C21H26FN5O2.H2/c1-17-5-6-19(13-25(17,2)3)11-22-21(15-27)16-29-24(30-22)28-10-9-18-7-8-20(14-26)23(12-18)31-4;1-16-4-5-18(12-24(16,2)3)11-22-20(14-27)15-29-23(30-22)28-9-8-17-6-7-19(13-26)21(25)10-17;1-5-16-7-6-15(10-20(16)29-4)8-9-25-22-26-14-17(13-24)19(27-22)11-18-12-21(28)23(18,2)3;1-13(22)29-16-7-5-4-6-14(16)8-9-24-20-25-12-15(11-23)19(27-20)26-17-10-18(28)21(17,2)3;/h7-8,12,16-17,19H,5-6,9-11,13H2,1-4H3,(H,28,29,30);6-7,10,15-16,18H,4-5,8-9,11-12H2,1-3H3,(H,28,29,30);1,6-7,10,14,18,21,28H,8-9,11-12H2,2-4H3,(H,25,26,27);4-7,12-13,17-18,28H,8-10H2,1-3H3,(H2,24,25,26,27);1H/t17-,19-;16-,18-;18-,21+;13?,17-,18+;/m0011./s1. The van der Waals surface area contributed by atoms with E-state index >= 15 is 0 Å². The molecule has 4 aliphatic carbocycles. The molecule has 4 fully saturated rings. The monoisotopic (exact) mass is 1630 g/mol. The van der Waals surface area contributed by atoms with Gasteiger partial charge in [0.2, 0.25) is 30.2 Å². The lowest BCUT2D eigenvalue weighted by Gasteiger charge is -2.49. The van der Waals surface area contributed by atoms with Gasteiger partial charge in [0, 0.05) is 46.0 Å². The van der Waals surface area contributed by atoms with Crippen LogP contribution in [0, 0.1) is 132 Å². The van der Waals surface area contributed by atoms with Gasteiger partial charge in [-0.2, -0.15) is 36.6 Å². The number of nitrogens with zero attached hydrogens (tertiary/aromatic N) is 14. The van der Waals surface area contributed by atoms with Crippen LogP contribution in [0.2, 0.25) is 5.02 Å². The molecular formula is C93H113ClFN19O5. The van der Waals surface area contributed by atoms with Gasteiger partial charge in [0.25, 0.3) is 0 Å². The highest BCUT2D eigenvalue weighted by molar-refractivity contribution is 6.31. The molecule has 0 bridgehead atoms. The summed E-state index contributed by atoms with van der Waals surface area (Å²) >= 11 is 6.10. The van der Waals surface area contributed by atoms with Crippen molar-refractivity contribution in [3.63, 3.8) is 0 Å². The Labute approximate surface area is 707 Å². The number of alkyl halides is 1. The number of ether oxygens (including phenoxy) is 3. The maximum atomic E-state index is 13.2. The minimum absolute atomic E-state index is 0. The first-order valence-corrected chi connectivity index (χ1v) is 41.2. The van der Waals surface area contributed by atoms with Gasteiger partial charge < -0.3 is 51.0 Å². The Morgan fingerprint density at radius 1 is 0.513 bits per heavy atom. The molecule has 26 heteroatoms. The number of aromatic nitrogens is 8. The number of hydrogen-bond acceptors (Lipinski definition) is 24. The van der Waals surface area contributed by atoms with Crippen LogP contribution in [0.3, 0.4) is 0 Å². The molecule has 4 aromatic heterocycles. The Morgan fingerprint density at radius 2 is 0.924 bits per heavy atom. The second-order valence-electron chi connectivity index (χ2n) is 34.0. The first-order chi connectivity index (χ1) is 56.9. The van der Waals surface area contributed by atoms with Crippen molar-refractivity contribution in [2.24, 2.45) is 51.2 Å². The van der Waals surface area contributed by atoms with Crippen LogP contribution in [0.4, 0.5) is 34.0 Å². The highest BCUT2D eigenvalue weighted by atomic mass is 35.5. The highest BCUT2D eigenvalue weighted by Gasteiger charge is 2.49. The number of anilines is 5. The van der Waals surface area contributed by atoms with Crippen molar-refractivity contribution in [2.75, 3.05) is 67.0 Å². The molecule has 119 heavy (non-hydrogen) atoms. The largest absolute Gasteiger partial charge is 0.495 e. The van der Waals surface area contributed by atoms with Gasteiger partial charge in [-0.1, -0.05) is 123 Å². The van der Waals surface area contributed by atoms with E-state index in [1.807, 2.05) is 68.4 Å². The number of halogens is 2. The Balaban J connectivity index is 0.000000199. The second-order valence-corrected chi connectivity index (χ2v) is 34.4. The fourth-order valence-corrected chi connectivity index (χ4v) is 15.8. The van der Waals surface area contributed by atoms with Crippen LogP contribution in [-0.4, -0.2) is 115 Å². The van der Waals surface area contributed by atoms with Gasteiger partial charge in [0.05, 0.1) is 107 Å². The van der Waals surface area contributed by atoms with Gasteiger partial charge in [-0.3, -0.25) is 0 Å². The number of methoxy groups -OCH3 is 2. The van der Waals surface area contributed by atoms with Crippen molar-refractivity contribution < 1.29 is 30.2 Å². The number of para-hydroxylation sites is 1. The van der Waals surface area contributed by atoms with Crippen LogP contribution in [0.25, 0.3) is 0 Å². The van der Waals surface area contributed by atoms with Crippen LogP contribution in [-0.2, 0) is 44.9 Å². The summed E-state index contributed by atoms with van der Waals surface area (Å²) in [7, 11) is 3.17. The first-order valence-electron chi connectivity index (χ1n) is 40.8. The summed E-state index contributed by atoms with van der Waals surface area (Å²) in [4.78, 5) is 35.4. The molecule has 0 amide bonds. The van der Waals surface area contributed by atoms with Crippen molar-refractivity contribution in [1.82, 2.24) is 39.9 Å². The molecule has 24 nitrogen and oxygen atoms in total. The van der Waals surface area contributed by atoms with Gasteiger partial charge >= 0.3 is 0 Å². The smallest absolute Gasteiger partial charge is 0.235 e. The van der Waals surface area contributed by atoms with Crippen molar-refractivity contribution in [2.45, 2.75) is 197 Å². The fourth-order valence-electron chi connectivity index (χ4n) is 15.6. The molecule has 4 aliphatic rings. The molecule has 624 valence electrons. The minimum atomic E-state index is -1.38. The molecule has 0 aliphatic heterocycles. The molecule has 1 unspecified atom stereocenters. The molecule has 8 aromatic rings. The summed E-state index contributed by atoms with van der Waals surface area (Å²) in [6.07, 6.45) is 23.3. The van der Waals surface area contributed by atoms with Crippen LogP contribution in [0.5, 0.6) is 17.2 Å². The van der Waals surface area contributed by atoms with Gasteiger partial charge in [0.1, 0.15) is 65.0 Å². The molecule has 7 N–H and O–H groups in total. The van der Waals surface area contributed by atoms with E-state index in [4.69, 9.17) is 42.8 Å². The summed E-state index contributed by atoms with van der Waals surface area (Å²) in [5.74, 6) is 9.68. The Bertz CT molecular complexity index is 5130. The van der Waals surface area contributed by atoms with Crippen molar-refractivity contribution in [3.05, 3.63) is 187 Å². The summed E-state index contributed by atoms with van der Waals surface area (Å²) < 4.78 is 29.0. The zero-order valence-corrected chi connectivity index (χ0v) is 71.4. The van der Waals surface area contributed by atoms with E-state index < -0.39 is 6.36 Å². The predicted octanol–water partition coefficient (Wildman–Crippen LogP) is 16.9. The van der Waals surface area contributed by atoms with Gasteiger partial charge in [-0.05, 0) is 207 Å². The number of hydrogen-bond donors (Lipinski definition) is 7. The number of rotatable bonds is 28. The van der Waals surface area contributed by atoms with Crippen LogP contribution in [0.1, 0.15) is 207 Å². The third kappa shape index (κ3) is 24.7. The van der Waals surface area contributed by atoms with E-state index in [-0.39, 0.29) is 30.5 Å². The first kappa shape index (κ1) is 91.1. The number of nitrogens with one attached hydrogen (secondary N) is 5. The average Bonchev–Trinajstić information content (AvgIpc) is 0.769. The third-order valence-electron chi connectivity index (χ3n) is 24.5. The van der Waals surface area contributed by atoms with Crippen molar-refractivity contribution >= 4 is 41.2 Å². The number of aliphatic hydroxyl groups excluding tert-OH is 2. The van der Waals surface area contributed by atoms with Gasteiger partial charge in [0.15, 0.2) is 0 Å². The van der Waals surface area contributed by atoms with Crippen LogP contribution in [0.15, 0.2) is 104 Å². The second kappa shape index (κ2) is 42.1.